The summed E-state index contributed by atoms with van der Waals surface area (Å²) in [7, 11) is 0. The third-order valence-corrected chi connectivity index (χ3v) is 22.5. The molecule has 104 heavy (non-hydrogen) atoms. The molecule has 484 valence electrons. The van der Waals surface area contributed by atoms with Crippen LogP contribution in [0.15, 0.2) is 352 Å². The van der Waals surface area contributed by atoms with E-state index >= 15 is 0 Å². The molecule has 15 aromatic carbocycles. The van der Waals surface area contributed by atoms with Crippen molar-refractivity contribution in [2.24, 2.45) is 0 Å². The van der Waals surface area contributed by atoms with Crippen molar-refractivity contribution in [3.63, 3.8) is 0 Å². The molecule has 0 aliphatic heterocycles. The van der Waals surface area contributed by atoms with Crippen LogP contribution in [0.4, 0.5) is 0 Å². The lowest BCUT2D eigenvalue weighted by Crippen LogP contribution is -1.98. The van der Waals surface area contributed by atoms with E-state index in [1.54, 1.807) is 0 Å². The predicted octanol–water partition coefficient (Wildman–Crippen LogP) is 26.4. The Morgan fingerprint density at radius 3 is 1.04 bits per heavy atom. The van der Waals surface area contributed by atoms with Gasteiger partial charge in [0.05, 0.1) is 45.2 Å². The first kappa shape index (κ1) is 60.7. The number of hydrogen-bond donors (Lipinski definition) is 0. The molecule has 0 N–H and O–H groups in total. The van der Waals surface area contributed by atoms with Crippen molar-refractivity contribution >= 4 is 128 Å². The van der Waals surface area contributed by atoms with Gasteiger partial charge in [0.25, 0.3) is 0 Å². The van der Waals surface area contributed by atoms with Crippen molar-refractivity contribution in [3.05, 3.63) is 352 Å². The highest BCUT2D eigenvalue weighted by Crippen LogP contribution is 2.50. The quantitative estimate of drug-likeness (QED) is 0.134. The van der Waals surface area contributed by atoms with Gasteiger partial charge < -0.3 is 0 Å². The van der Waals surface area contributed by atoms with Crippen LogP contribution in [0, 0.1) is 0 Å². The Bertz CT molecular complexity index is 6900. The molecule has 21 aromatic rings. The summed E-state index contributed by atoms with van der Waals surface area (Å²) in [5, 5.41) is 16.7. The van der Waals surface area contributed by atoms with Gasteiger partial charge in [-0.15, -0.1) is 22.7 Å². The van der Waals surface area contributed by atoms with Crippen LogP contribution in [0.2, 0.25) is 0 Å². The highest BCUT2D eigenvalue weighted by Gasteiger charge is 2.25. The summed E-state index contributed by atoms with van der Waals surface area (Å²) in [5.41, 5.74) is 18.2. The van der Waals surface area contributed by atoms with Crippen LogP contribution in [-0.2, 0) is 0 Å². The van der Waals surface area contributed by atoms with Crippen LogP contribution < -0.4 is 0 Å². The van der Waals surface area contributed by atoms with E-state index in [2.05, 4.69) is 315 Å². The van der Waals surface area contributed by atoms with Gasteiger partial charge in [0.1, 0.15) is 0 Å². The number of nitrogens with zero attached hydrogens (tertiary/aromatic N) is 6. The van der Waals surface area contributed by atoms with Crippen LogP contribution in [-0.4, -0.2) is 29.9 Å². The normalized spacial score (nSPS) is 11.7. The summed E-state index contributed by atoms with van der Waals surface area (Å²) < 4.78 is 4.88. The van der Waals surface area contributed by atoms with Gasteiger partial charge in [-0.25, -0.2) is 29.9 Å². The summed E-state index contributed by atoms with van der Waals surface area (Å²) in [6, 6.07) is 124. The third-order valence-electron chi connectivity index (χ3n) is 20.1. The van der Waals surface area contributed by atoms with E-state index in [4.69, 9.17) is 29.9 Å². The molecule has 0 saturated heterocycles. The molecule has 0 saturated carbocycles. The fourth-order valence-electron chi connectivity index (χ4n) is 15.3. The Morgan fingerprint density at radius 2 is 0.538 bits per heavy atom. The van der Waals surface area contributed by atoms with Crippen molar-refractivity contribution in [1.29, 1.82) is 0 Å². The first-order valence-electron chi connectivity index (χ1n) is 35.0. The van der Waals surface area contributed by atoms with Gasteiger partial charge in [0.2, 0.25) is 0 Å². The van der Waals surface area contributed by atoms with Gasteiger partial charge in [0.15, 0.2) is 11.6 Å². The highest BCUT2D eigenvalue weighted by molar-refractivity contribution is 7.27. The van der Waals surface area contributed by atoms with Gasteiger partial charge in [0, 0.05) is 95.6 Å². The lowest BCUT2D eigenvalue weighted by molar-refractivity contribution is 1.18. The zero-order valence-electron chi connectivity index (χ0n) is 56.0. The van der Waals surface area contributed by atoms with Crippen molar-refractivity contribution in [3.8, 4) is 101 Å². The van der Waals surface area contributed by atoms with E-state index in [9.17, 15) is 0 Å². The molecule has 0 aliphatic rings. The predicted molar refractivity (Wildman–Crippen MR) is 439 cm³/mol. The number of fused-ring (bicyclic) bond motifs is 16. The van der Waals surface area contributed by atoms with E-state index in [0.29, 0.717) is 11.6 Å². The Kier molecular flexibility index (Phi) is 14.8. The molecular weight excluding hydrogens is 1300 g/mol. The smallest absolute Gasteiger partial charge is 0.161 e. The maximum atomic E-state index is 5.59. The zero-order chi connectivity index (χ0) is 68.6. The largest absolute Gasteiger partial charge is 0.247 e. The SMILES string of the molecule is c1ccc(-c2cc(-c3cccc4nc(-c5cc6ccccc6c6ccccc56)c5c6ccccc6sc5c34)nc(-c3ccccc3)n2)cc1.c1ccc(-c2ccc(-c3cc(-c4ccccc4)nc(-c4cccc5nc(-c6cc7ccccc7c7ccccc67)c6c7ccccc7sc6c45)n3)cc2)cc1. The van der Waals surface area contributed by atoms with E-state index in [-0.39, 0.29) is 0 Å². The van der Waals surface area contributed by atoms with Crippen LogP contribution in [0.5, 0.6) is 0 Å². The van der Waals surface area contributed by atoms with Crippen LogP contribution in [0.25, 0.3) is 207 Å². The minimum absolute atomic E-state index is 0.679. The summed E-state index contributed by atoms with van der Waals surface area (Å²) in [6.07, 6.45) is 0. The van der Waals surface area contributed by atoms with E-state index in [0.717, 1.165) is 106 Å². The first-order valence-corrected chi connectivity index (χ1v) is 36.6. The number of thiophene rings is 2. The fourth-order valence-corrected chi connectivity index (χ4v) is 17.8. The van der Waals surface area contributed by atoms with Gasteiger partial charge in [-0.3, -0.25) is 0 Å². The van der Waals surface area contributed by atoms with Crippen LogP contribution >= 0.6 is 22.7 Å². The molecule has 0 aliphatic carbocycles. The van der Waals surface area contributed by atoms with Crippen LogP contribution in [0.3, 0.4) is 0 Å². The number of benzene rings is 15. The minimum Gasteiger partial charge on any atom is -0.247 e. The Hall–Kier alpha value is -13.2. The van der Waals surface area contributed by atoms with Gasteiger partial charge in [-0.05, 0) is 103 Å². The molecule has 0 unspecified atom stereocenters. The average Bonchev–Trinajstić information content (AvgIpc) is 1.46. The molecule has 0 fully saturated rings. The minimum atomic E-state index is 0.679. The maximum Gasteiger partial charge on any atom is 0.161 e. The van der Waals surface area contributed by atoms with Crippen molar-refractivity contribution in [1.82, 2.24) is 29.9 Å². The molecule has 0 spiro atoms. The summed E-state index contributed by atoms with van der Waals surface area (Å²) in [4.78, 5) is 32.1. The van der Waals surface area contributed by atoms with E-state index < -0.39 is 0 Å². The number of rotatable bonds is 9. The third kappa shape index (κ3) is 10.5. The van der Waals surface area contributed by atoms with Crippen molar-refractivity contribution in [2.75, 3.05) is 0 Å². The number of aromatic nitrogens is 6. The Labute approximate surface area is 606 Å². The van der Waals surface area contributed by atoms with Crippen LogP contribution in [0.1, 0.15) is 0 Å². The van der Waals surface area contributed by atoms with E-state index in [1.807, 2.05) is 59.1 Å². The maximum absolute atomic E-state index is 5.59. The molecule has 6 aromatic heterocycles. The standard InChI is InChI=1S/C51H31N3S.C45H27N3S/c1-3-14-32(15-4-1)33-26-28-35(29-27-33)45-31-44(34-16-5-2-6-17-34)53-51(54-45)41-23-13-24-43-47(41)50-48(40-22-11-12-25-46(40)55-50)49(52-43)42-30-36-18-7-8-19-37(36)38-20-9-10-21-39(38)42;1-3-14-28(15-4-1)38-27-39(48-45(47-38)29-16-5-2-6-17-29)34-23-13-24-37-41(34)44-42(35-22-11-12-25-40(35)49-44)43(46-37)36-26-30-18-7-8-19-31(30)32-20-9-10-21-33(32)36/h1-31H;1-27H. The second kappa shape index (κ2) is 25.4. The highest BCUT2D eigenvalue weighted by atomic mass is 32.1. The summed E-state index contributed by atoms with van der Waals surface area (Å²) in [6.45, 7) is 0. The van der Waals surface area contributed by atoms with Gasteiger partial charge in [-0.1, -0.05) is 303 Å². The van der Waals surface area contributed by atoms with Gasteiger partial charge >= 0.3 is 0 Å². The molecule has 6 nitrogen and oxygen atoms in total. The molecule has 0 amide bonds. The molecule has 0 radical (unpaired) electrons. The topological polar surface area (TPSA) is 77.3 Å². The van der Waals surface area contributed by atoms with Gasteiger partial charge in [-0.2, -0.15) is 0 Å². The summed E-state index contributed by atoms with van der Waals surface area (Å²) in [5.74, 6) is 1.38. The number of hydrogen-bond acceptors (Lipinski definition) is 8. The average molecular weight is 1360 g/mol. The molecule has 21 rings (SSSR count). The molecule has 0 bridgehead atoms. The Morgan fingerprint density at radius 1 is 0.192 bits per heavy atom. The summed E-state index contributed by atoms with van der Waals surface area (Å²) >= 11 is 3.66. The first-order chi connectivity index (χ1) is 51.6. The second-order valence-corrected chi connectivity index (χ2v) is 28.4. The lowest BCUT2D eigenvalue weighted by atomic mass is 9.92. The number of pyridine rings is 2. The molecule has 8 heteroatoms. The molecule has 6 heterocycles. The zero-order valence-corrected chi connectivity index (χ0v) is 57.6. The van der Waals surface area contributed by atoms with E-state index in [1.165, 1.54) is 89.2 Å². The second-order valence-electron chi connectivity index (χ2n) is 26.3. The molecular formula is C96H58N6S2. The lowest BCUT2D eigenvalue weighted by Gasteiger charge is -2.15. The van der Waals surface area contributed by atoms with Crippen molar-refractivity contribution < 1.29 is 0 Å². The van der Waals surface area contributed by atoms with Crippen molar-refractivity contribution in [2.45, 2.75) is 0 Å². The monoisotopic (exact) mass is 1360 g/mol. The fraction of sp³-hybridized carbons (Fsp3) is 0. The Balaban J connectivity index is 0.000000139. The molecule has 0 atom stereocenters.